The van der Waals surface area contributed by atoms with Gasteiger partial charge in [-0.25, -0.2) is 4.79 Å². The Morgan fingerprint density at radius 2 is 1.75 bits per heavy atom. The van der Waals surface area contributed by atoms with Gasteiger partial charge in [0.25, 0.3) is 0 Å². The summed E-state index contributed by atoms with van der Waals surface area (Å²) in [6.45, 7) is 13.9. The number of carbonyl (C=O) groups excluding carboxylic acids is 2. The van der Waals surface area contributed by atoms with E-state index in [0.717, 1.165) is 12.0 Å². The average molecular weight is 501 g/mol. The van der Waals surface area contributed by atoms with Crippen molar-refractivity contribution >= 4 is 17.5 Å². The van der Waals surface area contributed by atoms with Crippen molar-refractivity contribution in [1.29, 1.82) is 0 Å². The minimum atomic E-state index is -0.915. The van der Waals surface area contributed by atoms with Crippen LogP contribution in [0.3, 0.4) is 0 Å². The van der Waals surface area contributed by atoms with E-state index in [0.29, 0.717) is 49.7 Å². The molecule has 4 aliphatic rings. The number of carboxylic acid groups (broad SMARTS) is 1. The molecule has 0 aromatic heterocycles. The summed E-state index contributed by atoms with van der Waals surface area (Å²) in [6, 6.07) is 0. The standard InChI is InChI=1S/C30H44O6/c1-16(9-8-10-17(2)26(35)36)18-13-23(34)30(7)25-19(31)14-21-27(3,4)22(33)11-12-28(21,5)24(25)20(32)15-29(18,30)6/h10,16,18-19,21,23,31,34H,8-9,11-15H2,1-7H3,(H,35,36)/b17-10+/t16-,18-,19+,21+,23+,28+,29-,30+/m1/s1. The third-order valence-electron chi connectivity index (χ3n) is 11.5. The number of hydrogen-bond acceptors (Lipinski definition) is 5. The number of ketones is 2. The molecule has 0 unspecified atom stereocenters. The highest BCUT2D eigenvalue weighted by Gasteiger charge is 2.69. The smallest absolute Gasteiger partial charge is 0.330 e. The van der Waals surface area contributed by atoms with Crippen LogP contribution in [0.5, 0.6) is 0 Å². The second kappa shape index (κ2) is 8.62. The summed E-state index contributed by atoms with van der Waals surface area (Å²) in [7, 11) is 0. The number of fused-ring (bicyclic) bond motifs is 4. The number of carboxylic acids is 1. The van der Waals surface area contributed by atoms with Crippen molar-refractivity contribution in [3.05, 3.63) is 22.8 Å². The highest BCUT2D eigenvalue weighted by atomic mass is 16.4. The summed E-state index contributed by atoms with van der Waals surface area (Å²) in [4.78, 5) is 38.0. The Bertz CT molecular complexity index is 1050. The number of aliphatic carboxylic acids is 1. The van der Waals surface area contributed by atoms with Crippen LogP contribution >= 0.6 is 0 Å². The maximum atomic E-state index is 14.1. The van der Waals surface area contributed by atoms with Gasteiger partial charge in [0.2, 0.25) is 0 Å². The Labute approximate surface area is 215 Å². The van der Waals surface area contributed by atoms with Crippen LogP contribution in [0.15, 0.2) is 22.8 Å². The molecule has 0 aromatic carbocycles. The second-order valence-electron chi connectivity index (χ2n) is 13.5. The minimum absolute atomic E-state index is 0.0642. The molecule has 6 nitrogen and oxygen atoms in total. The zero-order chi connectivity index (χ0) is 27.0. The normalized spacial score (nSPS) is 43.1. The predicted octanol–water partition coefficient (Wildman–Crippen LogP) is 4.87. The first-order valence-electron chi connectivity index (χ1n) is 13.6. The summed E-state index contributed by atoms with van der Waals surface area (Å²) in [6.07, 6.45) is 3.94. The van der Waals surface area contributed by atoms with Gasteiger partial charge in [0.15, 0.2) is 5.78 Å². The molecule has 0 spiro atoms. The number of aliphatic hydroxyl groups excluding tert-OH is 2. The predicted molar refractivity (Wildman–Crippen MR) is 137 cm³/mol. The van der Waals surface area contributed by atoms with Gasteiger partial charge in [0.1, 0.15) is 5.78 Å². The molecule has 3 N–H and O–H groups in total. The monoisotopic (exact) mass is 500 g/mol. The first kappa shape index (κ1) is 27.3. The van der Waals surface area contributed by atoms with Gasteiger partial charge >= 0.3 is 5.97 Å². The van der Waals surface area contributed by atoms with Crippen LogP contribution in [0.25, 0.3) is 0 Å². The molecular weight excluding hydrogens is 456 g/mol. The van der Waals surface area contributed by atoms with Crippen molar-refractivity contribution in [1.82, 2.24) is 0 Å². The number of Topliss-reactive ketones (excluding diaryl/α,β-unsaturated/α-hetero) is 2. The van der Waals surface area contributed by atoms with Crippen molar-refractivity contribution in [2.45, 2.75) is 106 Å². The largest absolute Gasteiger partial charge is 0.478 e. The average Bonchev–Trinajstić information content (AvgIpc) is 2.99. The summed E-state index contributed by atoms with van der Waals surface area (Å²) < 4.78 is 0. The van der Waals surface area contributed by atoms with E-state index in [4.69, 9.17) is 5.11 Å². The minimum Gasteiger partial charge on any atom is -0.478 e. The van der Waals surface area contributed by atoms with Gasteiger partial charge in [-0.2, -0.15) is 0 Å². The van der Waals surface area contributed by atoms with E-state index >= 15 is 0 Å². The molecule has 200 valence electrons. The molecule has 2 saturated carbocycles. The van der Waals surface area contributed by atoms with Crippen LogP contribution in [0.1, 0.15) is 93.4 Å². The van der Waals surface area contributed by atoms with Crippen molar-refractivity contribution in [3.8, 4) is 0 Å². The number of hydrogen-bond donors (Lipinski definition) is 3. The number of allylic oxidation sites excluding steroid dienone is 2. The zero-order valence-corrected chi connectivity index (χ0v) is 23.0. The van der Waals surface area contributed by atoms with Gasteiger partial charge in [0, 0.05) is 40.2 Å². The summed E-state index contributed by atoms with van der Waals surface area (Å²) >= 11 is 0. The van der Waals surface area contributed by atoms with Crippen LogP contribution in [0.2, 0.25) is 0 Å². The molecule has 4 rings (SSSR count). The van der Waals surface area contributed by atoms with Crippen LogP contribution in [0, 0.1) is 39.4 Å². The lowest BCUT2D eigenvalue weighted by Gasteiger charge is -2.61. The molecule has 4 aliphatic carbocycles. The number of aliphatic hydroxyl groups is 2. The van der Waals surface area contributed by atoms with E-state index in [2.05, 4.69) is 20.8 Å². The fourth-order valence-electron chi connectivity index (χ4n) is 9.04. The van der Waals surface area contributed by atoms with Gasteiger partial charge < -0.3 is 15.3 Å². The highest BCUT2D eigenvalue weighted by molar-refractivity contribution is 6.01. The quantitative estimate of drug-likeness (QED) is 0.464. The molecule has 0 aromatic rings. The Kier molecular flexibility index (Phi) is 6.53. The van der Waals surface area contributed by atoms with Crippen LogP contribution < -0.4 is 0 Å². The van der Waals surface area contributed by atoms with E-state index < -0.39 is 39.8 Å². The highest BCUT2D eigenvalue weighted by Crippen LogP contribution is 2.71. The van der Waals surface area contributed by atoms with Gasteiger partial charge in [-0.15, -0.1) is 0 Å². The Morgan fingerprint density at radius 3 is 2.36 bits per heavy atom. The van der Waals surface area contributed by atoms with Gasteiger partial charge in [-0.1, -0.05) is 47.6 Å². The van der Waals surface area contributed by atoms with Gasteiger partial charge in [-0.3, -0.25) is 9.59 Å². The summed E-state index contributed by atoms with van der Waals surface area (Å²) in [5.74, 6) is -0.529. The molecule has 0 radical (unpaired) electrons. The van der Waals surface area contributed by atoms with E-state index in [1.807, 2.05) is 20.8 Å². The van der Waals surface area contributed by atoms with Gasteiger partial charge in [-0.05, 0) is 67.8 Å². The van der Waals surface area contributed by atoms with E-state index in [9.17, 15) is 24.6 Å². The molecule has 8 atom stereocenters. The van der Waals surface area contributed by atoms with E-state index in [1.54, 1.807) is 13.0 Å². The van der Waals surface area contributed by atoms with Crippen LogP contribution in [0.4, 0.5) is 0 Å². The Balaban J connectivity index is 1.75. The van der Waals surface area contributed by atoms with Crippen LogP contribution in [-0.2, 0) is 14.4 Å². The molecule has 0 amide bonds. The Hall–Kier alpha value is -1.79. The molecule has 0 heterocycles. The maximum Gasteiger partial charge on any atom is 0.330 e. The first-order chi connectivity index (χ1) is 16.5. The van der Waals surface area contributed by atoms with Crippen molar-refractivity contribution in [3.63, 3.8) is 0 Å². The molecule has 0 aliphatic heterocycles. The molecular formula is C30H44O6. The van der Waals surface area contributed by atoms with Crippen molar-refractivity contribution < 1.29 is 29.7 Å². The van der Waals surface area contributed by atoms with Gasteiger partial charge in [0.05, 0.1) is 12.2 Å². The number of carbonyl (C=O) groups is 3. The molecule has 6 heteroatoms. The lowest BCUT2D eigenvalue weighted by molar-refractivity contribution is -0.146. The lowest BCUT2D eigenvalue weighted by Crippen LogP contribution is -2.60. The maximum absolute atomic E-state index is 14.1. The topological polar surface area (TPSA) is 112 Å². The fraction of sp³-hybridized carbons (Fsp3) is 0.767. The Morgan fingerprint density at radius 1 is 1.11 bits per heavy atom. The first-order valence-corrected chi connectivity index (χ1v) is 13.6. The molecule has 2 fully saturated rings. The van der Waals surface area contributed by atoms with E-state index in [-0.39, 0.29) is 29.3 Å². The number of rotatable bonds is 5. The fourth-order valence-corrected chi connectivity index (χ4v) is 9.04. The zero-order valence-electron chi connectivity index (χ0n) is 23.0. The lowest BCUT2D eigenvalue weighted by atomic mass is 9.42. The van der Waals surface area contributed by atoms with Crippen LogP contribution in [-0.4, -0.2) is 45.1 Å². The molecule has 0 saturated heterocycles. The second-order valence-corrected chi connectivity index (χ2v) is 13.5. The summed E-state index contributed by atoms with van der Waals surface area (Å²) in [5.41, 5.74) is -0.599. The van der Waals surface area contributed by atoms with Crippen molar-refractivity contribution in [2.24, 2.45) is 39.4 Å². The van der Waals surface area contributed by atoms with Crippen molar-refractivity contribution in [2.75, 3.05) is 0 Å². The molecule has 0 bridgehead atoms. The SMILES string of the molecule is C/C(=C\CC[C@@H](C)[C@H]1C[C@H](O)[C@@]2(C)C3=C(C(=O)C[C@]12C)[C@@]1(C)CCC(=O)C(C)(C)[C@@H]1C[C@@H]3O)C(=O)O. The third-order valence-corrected chi connectivity index (χ3v) is 11.5. The summed E-state index contributed by atoms with van der Waals surface area (Å²) in [5, 5.41) is 32.4. The van der Waals surface area contributed by atoms with E-state index in [1.165, 1.54) is 0 Å². The third kappa shape index (κ3) is 3.53. The molecule has 36 heavy (non-hydrogen) atoms.